The van der Waals surface area contributed by atoms with Gasteiger partial charge in [0.1, 0.15) is 17.0 Å². The monoisotopic (exact) mass is 574 g/mol. The molecule has 4 atom stereocenters. The van der Waals surface area contributed by atoms with E-state index in [4.69, 9.17) is 9.72 Å². The molecular weight excluding hydrogens is 533 g/mol. The van der Waals surface area contributed by atoms with Gasteiger partial charge in [0, 0.05) is 44.9 Å². The average Bonchev–Trinajstić information content (AvgIpc) is 3.54. The summed E-state index contributed by atoms with van der Waals surface area (Å²) in [6.45, 7) is 13.2. The fourth-order valence-electron chi connectivity index (χ4n) is 6.45. The van der Waals surface area contributed by atoms with Crippen molar-refractivity contribution < 1.29 is 17.9 Å². The minimum atomic E-state index is -4.36. The summed E-state index contributed by atoms with van der Waals surface area (Å²) in [7, 11) is 1.74. The number of aryl methyl sites for hydroxylation is 2. The average molecular weight is 575 g/mol. The first-order valence-corrected chi connectivity index (χ1v) is 14.6. The normalized spacial score (nSPS) is 23.2. The van der Waals surface area contributed by atoms with E-state index in [1.54, 1.807) is 23.7 Å². The number of rotatable bonds is 7. The molecule has 224 valence electrons. The second kappa shape index (κ2) is 11.4. The van der Waals surface area contributed by atoms with Crippen molar-refractivity contribution in [2.45, 2.75) is 90.8 Å². The Morgan fingerprint density at radius 2 is 1.78 bits per heavy atom. The molecule has 2 aromatic heterocycles. The molecule has 1 unspecified atom stereocenters. The topological polar surface area (TPSA) is 68.4 Å². The quantitative estimate of drug-likeness (QED) is 0.381. The van der Waals surface area contributed by atoms with E-state index in [9.17, 15) is 18.0 Å². The fourth-order valence-corrected chi connectivity index (χ4v) is 6.45. The summed E-state index contributed by atoms with van der Waals surface area (Å²) < 4.78 is 49.2. The van der Waals surface area contributed by atoms with E-state index in [2.05, 4.69) is 47.0 Å². The second-order valence-corrected chi connectivity index (χ2v) is 12.2. The maximum atomic E-state index is 13.2. The molecule has 41 heavy (non-hydrogen) atoms. The summed E-state index contributed by atoms with van der Waals surface area (Å²) in [6.07, 6.45) is -1.42. The van der Waals surface area contributed by atoms with Crippen LogP contribution in [0.3, 0.4) is 0 Å². The molecule has 11 heteroatoms. The maximum absolute atomic E-state index is 13.2. The van der Waals surface area contributed by atoms with Gasteiger partial charge in [0.2, 0.25) is 0 Å². The van der Waals surface area contributed by atoms with Gasteiger partial charge in [0.25, 0.3) is 0 Å². The first-order chi connectivity index (χ1) is 19.3. The number of hydrogen-bond donors (Lipinski definition) is 0. The lowest BCUT2D eigenvalue weighted by Gasteiger charge is -2.48. The Bertz CT molecular complexity index is 1430. The zero-order valence-corrected chi connectivity index (χ0v) is 24.8. The van der Waals surface area contributed by atoms with Gasteiger partial charge in [-0.3, -0.25) is 9.47 Å². The predicted octanol–water partition coefficient (Wildman–Crippen LogP) is 5.32. The van der Waals surface area contributed by atoms with Crippen molar-refractivity contribution >= 4 is 17.0 Å². The molecule has 2 saturated heterocycles. The lowest BCUT2D eigenvalue weighted by atomic mass is 9.92. The summed E-state index contributed by atoms with van der Waals surface area (Å²) in [4.78, 5) is 27.1. The molecule has 5 rings (SSSR count). The Hall–Kier alpha value is -2.92. The molecule has 0 aliphatic carbocycles. The third-order valence-electron chi connectivity index (χ3n) is 8.58. The highest BCUT2D eigenvalue weighted by atomic mass is 19.4. The van der Waals surface area contributed by atoms with Crippen LogP contribution in [-0.2, 0) is 24.5 Å². The number of imidazole rings is 1. The third kappa shape index (κ3) is 5.88. The molecular formula is C30H41F3N6O2. The molecule has 0 N–H and O–H groups in total. The van der Waals surface area contributed by atoms with E-state index in [1.165, 1.54) is 12.1 Å². The van der Waals surface area contributed by atoms with Crippen molar-refractivity contribution in [3.05, 3.63) is 51.7 Å². The molecule has 2 aliphatic heterocycles. The summed E-state index contributed by atoms with van der Waals surface area (Å²) >= 11 is 0. The van der Waals surface area contributed by atoms with Crippen molar-refractivity contribution in [2.75, 3.05) is 24.6 Å². The number of anilines is 1. The number of hydrogen-bond acceptors (Lipinski definition) is 6. The molecule has 1 aromatic carbocycles. The summed E-state index contributed by atoms with van der Waals surface area (Å²) in [5.74, 6) is 1.77. The number of piperazine rings is 1. The second-order valence-electron chi connectivity index (χ2n) is 12.2. The van der Waals surface area contributed by atoms with Crippen LogP contribution < -0.4 is 10.6 Å². The van der Waals surface area contributed by atoms with Crippen molar-refractivity contribution in [3.63, 3.8) is 0 Å². The lowest BCUT2D eigenvalue weighted by molar-refractivity contribution is -0.137. The van der Waals surface area contributed by atoms with E-state index in [0.717, 1.165) is 42.9 Å². The number of ether oxygens (including phenoxy) is 1. The molecule has 3 aromatic rings. The molecule has 0 bridgehead atoms. The maximum Gasteiger partial charge on any atom is 0.416 e. The summed E-state index contributed by atoms with van der Waals surface area (Å²) in [6, 6.07) is 5.64. The van der Waals surface area contributed by atoms with E-state index < -0.39 is 11.7 Å². The van der Waals surface area contributed by atoms with E-state index in [1.807, 2.05) is 6.92 Å². The van der Waals surface area contributed by atoms with Crippen molar-refractivity contribution in [3.8, 4) is 0 Å². The molecule has 0 saturated carbocycles. The highest BCUT2D eigenvalue weighted by Gasteiger charge is 2.37. The van der Waals surface area contributed by atoms with E-state index in [0.29, 0.717) is 36.9 Å². The first kappa shape index (κ1) is 29.6. The van der Waals surface area contributed by atoms with Gasteiger partial charge in [-0.2, -0.15) is 18.2 Å². The number of aromatic nitrogens is 4. The van der Waals surface area contributed by atoms with Crippen molar-refractivity contribution in [1.29, 1.82) is 0 Å². The Labute approximate surface area is 239 Å². The van der Waals surface area contributed by atoms with Crippen LogP contribution in [0.1, 0.15) is 70.0 Å². The van der Waals surface area contributed by atoms with Gasteiger partial charge in [-0.15, -0.1) is 0 Å². The smallest absolute Gasteiger partial charge is 0.376 e. The minimum Gasteiger partial charge on any atom is -0.376 e. The van der Waals surface area contributed by atoms with E-state index >= 15 is 0 Å². The number of alkyl halides is 3. The standard InChI is InChI=1S/C30H41F3N6O2/c1-18(2)14-25(22-9-11-23(12-10-22)30(31,32)33)37-15-20(4)38(16-19(37)3)27-26-28(36(6)29(40)35-27)39(21(5)34-26)17-24-8-7-13-41-24/h9-12,18-20,24-25H,7-8,13-17H2,1-6H3/t19-,20+,24+,25?/m1/s1. The first-order valence-electron chi connectivity index (χ1n) is 14.6. The Morgan fingerprint density at radius 1 is 1.07 bits per heavy atom. The van der Waals surface area contributed by atoms with Gasteiger partial charge in [-0.1, -0.05) is 26.0 Å². The van der Waals surface area contributed by atoms with Gasteiger partial charge in [-0.05, 0) is 63.6 Å². The molecule has 0 radical (unpaired) electrons. The Morgan fingerprint density at radius 3 is 2.39 bits per heavy atom. The summed E-state index contributed by atoms with van der Waals surface area (Å²) in [5.41, 5.74) is 1.38. The van der Waals surface area contributed by atoms with Gasteiger partial charge >= 0.3 is 11.9 Å². The van der Waals surface area contributed by atoms with Crippen LogP contribution in [0.4, 0.5) is 19.0 Å². The van der Waals surface area contributed by atoms with Gasteiger partial charge in [0.15, 0.2) is 5.82 Å². The largest absolute Gasteiger partial charge is 0.416 e. The van der Waals surface area contributed by atoms with Gasteiger partial charge < -0.3 is 14.2 Å². The number of nitrogens with zero attached hydrogens (tertiary/aromatic N) is 6. The number of fused-ring (bicyclic) bond motifs is 1. The molecule has 0 spiro atoms. The molecule has 4 heterocycles. The molecule has 0 amide bonds. The van der Waals surface area contributed by atoms with Crippen molar-refractivity contribution in [1.82, 2.24) is 24.0 Å². The van der Waals surface area contributed by atoms with Crippen LogP contribution in [0.2, 0.25) is 0 Å². The Balaban J connectivity index is 1.46. The van der Waals surface area contributed by atoms with Crippen LogP contribution in [0.5, 0.6) is 0 Å². The number of benzene rings is 1. The zero-order valence-electron chi connectivity index (χ0n) is 24.8. The molecule has 2 aliphatic rings. The van der Waals surface area contributed by atoms with Crippen LogP contribution in [0.25, 0.3) is 11.2 Å². The third-order valence-corrected chi connectivity index (χ3v) is 8.58. The van der Waals surface area contributed by atoms with Crippen LogP contribution in [0.15, 0.2) is 29.1 Å². The van der Waals surface area contributed by atoms with Crippen molar-refractivity contribution in [2.24, 2.45) is 13.0 Å². The van der Waals surface area contributed by atoms with E-state index in [-0.39, 0.29) is 29.9 Å². The number of halogens is 3. The highest BCUT2D eigenvalue weighted by molar-refractivity contribution is 5.84. The predicted molar refractivity (Wildman–Crippen MR) is 153 cm³/mol. The Kier molecular flexibility index (Phi) is 8.22. The van der Waals surface area contributed by atoms with Crippen LogP contribution in [0, 0.1) is 12.8 Å². The van der Waals surface area contributed by atoms with Crippen LogP contribution in [-0.4, -0.2) is 61.9 Å². The fraction of sp³-hybridized carbons (Fsp3) is 0.633. The zero-order chi connectivity index (χ0) is 29.6. The molecule has 2 fully saturated rings. The van der Waals surface area contributed by atoms with Crippen LogP contribution >= 0.6 is 0 Å². The van der Waals surface area contributed by atoms with Gasteiger partial charge in [-0.25, -0.2) is 9.78 Å². The lowest BCUT2D eigenvalue weighted by Crippen LogP contribution is -2.58. The van der Waals surface area contributed by atoms with Gasteiger partial charge in [0.05, 0.1) is 18.2 Å². The molecule has 8 nitrogen and oxygen atoms in total. The highest BCUT2D eigenvalue weighted by Crippen LogP contribution is 2.37. The SMILES string of the molecule is Cc1nc2c(N3C[C@@H](C)N(C(CC(C)C)c4ccc(C(F)(F)F)cc4)C[C@@H]3C)nc(=O)n(C)c2n1C[C@@H]1CCCO1. The minimum absolute atomic E-state index is 0.00161. The summed E-state index contributed by atoms with van der Waals surface area (Å²) in [5, 5.41) is 0.